The Morgan fingerprint density at radius 1 is 1.55 bits per heavy atom. The zero-order valence-electron chi connectivity index (χ0n) is 6.85. The van der Waals surface area contributed by atoms with Gasteiger partial charge in [-0.25, -0.2) is 0 Å². The van der Waals surface area contributed by atoms with Crippen molar-refractivity contribution in [2.24, 2.45) is 0 Å². The third-order valence-corrected chi connectivity index (χ3v) is 2.61. The number of alkyl halides is 1. The summed E-state index contributed by atoms with van der Waals surface area (Å²) < 4.78 is 0. The van der Waals surface area contributed by atoms with Crippen LogP contribution in [0.1, 0.15) is 25.7 Å². The highest BCUT2D eigenvalue weighted by Crippen LogP contribution is 2.22. The van der Waals surface area contributed by atoms with Crippen molar-refractivity contribution in [1.82, 2.24) is 4.90 Å². The molecule has 1 fully saturated rings. The van der Waals surface area contributed by atoms with Crippen LogP contribution in [0.25, 0.3) is 0 Å². The highest BCUT2D eigenvalue weighted by Gasteiger charge is 2.22. The minimum Gasteiger partial charge on any atom is -0.342 e. The first-order valence-corrected chi connectivity index (χ1v) is 4.60. The zero-order valence-corrected chi connectivity index (χ0v) is 7.60. The molecule has 0 aromatic carbocycles. The second kappa shape index (κ2) is 3.96. The fourth-order valence-electron chi connectivity index (χ4n) is 1.59. The smallest absolute Gasteiger partial charge is 0.237 e. The van der Waals surface area contributed by atoms with Gasteiger partial charge in [0.1, 0.15) is 5.88 Å². The normalized spacial score (nSPS) is 18.7. The molecule has 0 radical (unpaired) electrons. The third-order valence-electron chi connectivity index (χ3n) is 2.38. The minimum absolute atomic E-state index is 0.0542. The molecule has 0 heterocycles. The topological polar surface area (TPSA) is 20.3 Å². The van der Waals surface area contributed by atoms with Crippen LogP contribution in [0.3, 0.4) is 0 Å². The molecule has 0 aliphatic heterocycles. The van der Waals surface area contributed by atoms with Gasteiger partial charge in [0.15, 0.2) is 0 Å². The largest absolute Gasteiger partial charge is 0.342 e. The fraction of sp³-hybridized carbons (Fsp3) is 0.875. The van der Waals surface area contributed by atoms with Gasteiger partial charge in [0.2, 0.25) is 5.91 Å². The van der Waals surface area contributed by atoms with Crippen molar-refractivity contribution in [2.75, 3.05) is 12.9 Å². The van der Waals surface area contributed by atoms with Crippen LogP contribution in [0.15, 0.2) is 0 Å². The number of amides is 1. The lowest BCUT2D eigenvalue weighted by molar-refractivity contribution is -0.129. The Balaban J connectivity index is 2.39. The van der Waals surface area contributed by atoms with Crippen molar-refractivity contribution in [3.8, 4) is 0 Å². The van der Waals surface area contributed by atoms with E-state index in [1.165, 1.54) is 12.8 Å². The molecular weight excluding hydrogens is 162 g/mol. The molecule has 0 aromatic heterocycles. The average molecular weight is 176 g/mol. The lowest BCUT2D eigenvalue weighted by atomic mass is 10.2. The van der Waals surface area contributed by atoms with E-state index < -0.39 is 0 Å². The maximum absolute atomic E-state index is 11.1. The van der Waals surface area contributed by atoms with E-state index in [1.54, 1.807) is 4.90 Å². The van der Waals surface area contributed by atoms with Gasteiger partial charge in [-0.15, -0.1) is 11.6 Å². The standard InChI is InChI=1S/C8H14ClNO/c1-10(8(11)6-9)7-4-2-3-5-7/h7H,2-6H2,1H3. The van der Waals surface area contributed by atoms with E-state index in [2.05, 4.69) is 0 Å². The van der Waals surface area contributed by atoms with E-state index in [9.17, 15) is 4.79 Å². The van der Waals surface area contributed by atoms with Gasteiger partial charge in [0.05, 0.1) is 0 Å². The molecule has 0 N–H and O–H groups in total. The van der Waals surface area contributed by atoms with Gasteiger partial charge in [0, 0.05) is 13.1 Å². The van der Waals surface area contributed by atoms with Gasteiger partial charge in [-0.1, -0.05) is 12.8 Å². The number of carbonyl (C=O) groups is 1. The first-order valence-electron chi connectivity index (χ1n) is 4.07. The molecule has 11 heavy (non-hydrogen) atoms. The predicted octanol–water partition coefficient (Wildman–Crippen LogP) is 1.63. The lowest BCUT2D eigenvalue weighted by Crippen LogP contribution is -2.35. The van der Waals surface area contributed by atoms with Gasteiger partial charge in [-0.2, -0.15) is 0 Å². The lowest BCUT2D eigenvalue weighted by Gasteiger charge is -2.23. The van der Waals surface area contributed by atoms with Gasteiger partial charge >= 0.3 is 0 Å². The quantitative estimate of drug-likeness (QED) is 0.585. The van der Waals surface area contributed by atoms with Crippen LogP contribution in [0, 0.1) is 0 Å². The molecule has 0 saturated heterocycles. The van der Waals surface area contributed by atoms with Crippen molar-refractivity contribution in [2.45, 2.75) is 31.7 Å². The Morgan fingerprint density at radius 2 is 2.09 bits per heavy atom. The summed E-state index contributed by atoms with van der Waals surface area (Å²) in [5.74, 6) is 0.172. The summed E-state index contributed by atoms with van der Waals surface area (Å²) in [7, 11) is 1.85. The summed E-state index contributed by atoms with van der Waals surface area (Å²) >= 11 is 5.43. The maximum atomic E-state index is 11.1. The minimum atomic E-state index is 0.0542. The van der Waals surface area contributed by atoms with Gasteiger partial charge < -0.3 is 4.90 Å². The van der Waals surface area contributed by atoms with Crippen LogP contribution < -0.4 is 0 Å². The number of halogens is 1. The highest BCUT2D eigenvalue weighted by molar-refractivity contribution is 6.27. The Kier molecular flexibility index (Phi) is 3.18. The SMILES string of the molecule is CN(C(=O)CCl)C1CCCC1. The second-order valence-electron chi connectivity index (χ2n) is 3.08. The van der Waals surface area contributed by atoms with Crippen LogP contribution in [-0.2, 0) is 4.79 Å². The number of hydrogen-bond donors (Lipinski definition) is 0. The summed E-state index contributed by atoms with van der Waals surface area (Å²) in [6.45, 7) is 0. The fourth-order valence-corrected chi connectivity index (χ4v) is 1.78. The number of rotatable bonds is 2. The Hall–Kier alpha value is -0.240. The monoisotopic (exact) mass is 175 g/mol. The molecule has 3 heteroatoms. The number of hydrogen-bond acceptors (Lipinski definition) is 1. The van der Waals surface area contributed by atoms with Crippen molar-refractivity contribution in [3.05, 3.63) is 0 Å². The molecule has 1 aliphatic rings. The van der Waals surface area contributed by atoms with Crippen molar-refractivity contribution >= 4 is 17.5 Å². The van der Waals surface area contributed by atoms with Crippen molar-refractivity contribution in [3.63, 3.8) is 0 Å². The summed E-state index contributed by atoms with van der Waals surface area (Å²) in [5, 5.41) is 0. The molecule has 1 rings (SSSR count). The van der Waals surface area contributed by atoms with Crippen LogP contribution in [-0.4, -0.2) is 29.8 Å². The first kappa shape index (κ1) is 8.85. The molecule has 64 valence electrons. The molecule has 0 aromatic rings. The van der Waals surface area contributed by atoms with E-state index in [0.29, 0.717) is 6.04 Å². The van der Waals surface area contributed by atoms with Crippen molar-refractivity contribution in [1.29, 1.82) is 0 Å². The molecular formula is C8H14ClNO. The summed E-state index contributed by atoms with van der Waals surface area (Å²) in [4.78, 5) is 12.9. The Labute approximate surface area is 72.5 Å². The van der Waals surface area contributed by atoms with Crippen LogP contribution in [0.5, 0.6) is 0 Å². The molecule has 0 bridgehead atoms. The molecule has 0 spiro atoms. The van der Waals surface area contributed by atoms with E-state index >= 15 is 0 Å². The highest BCUT2D eigenvalue weighted by atomic mass is 35.5. The predicted molar refractivity (Wildman–Crippen MR) is 45.7 cm³/mol. The molecule has 1 aliphatic carbocycles. The number of nitrogens with zero attached hydrogens (tertiary/aromatic N) is 1. The van der Waals surface area contributed by atoms with E-state index in [-0.39, 0.29) is 11.8 Å². The van der Waals surface area contributed by atoms with E-state index in [0.717, 1.165) is 12.8 Å². The third kappa shape index (κ3) is 2.09. The van der Waals surface area contributed by atoms with Crippen LogP contribution >= 0.6 is 11.6 Å². The second-order valence-corrected chi connectivity index (χ2v) is 3.34. The summed E-state index contributed by atoms with van der Waals surface area (Å²) in [5.41, 5.74) is 0. The Bertz CT molecular complexity index is 143. The Morgan fingerprint density at radius 3 is 2.55 bits per heavy atom. The van der Waals surface area contributed by atoms with Crippen LogP contribution in [0.4, 0.5) is 0 Å². The molecule has 1 saturated carbocycles. The molecule has 2 nitrogen and oxygen atoms in total. The van der Waals surface area contributed by atoms with E-state index in [1.807, 2.05) is 7.05 Å². The number of carbonyl (C=O) groups excluding carboxylic acids is 1. The molecule has 0 unspecified atom stereocenters. The molecule has 0 atom stereocenters. The van der Waals surface area contributed by atoms with E-state index in [4.69, 9.17) is 11.6 Å². The van der Waals surface area contributed by atoms with Crippen molar-refractivity contribution < 1.29 is 4.79 Å². The molecule has 1 amide bonds. The van der Waals surface area contributed by atoms with Gasteiger partial charge in [-0.3, -0.25) is 4.79 Å². The van der Waals surface area contributed by atoms with Gasteiger partial charge in [0.25, 0.3) is 0 Å². The average Bonchev–Trinajstić information content (AvgIpc) is 2.53. The zero-order chi connectivity index (χ0) is 8.27. The van der Waals surface area contributed by atoms with Gasteiger partial charge in [-0.05, 0) is 12.8 Å². The van der Waals surface area contributed by atoms with Crippen LogP contribution in [0.2, 0.25) is 0 Å². The summed E-state index contributed by atoms with van der Waals surface area (Å²) in [6, 6.07) is 0.459. The first-order chi connectivity index (χ1) is 5.25. The summed E-state index contributed by atoms with van der Waals surface area (Å²) in [6.07, 6.45) is 4.81. The maximum Gasteiger partial charge on any atom is 0.237 e.